The quantitative estimate of drug-likeness (QED) is 0.911. The molecule has 1 aliphatic rings. The topological polar surface area (TPSA) is 42.2 Å². The summed E-state index contributed by atoms with van der Waals surface area (Å²) in [5.41, 5.74) is 7.06. The zero-order chi connectivity index (χ0) is 13.1. The van der Waals surface area contributed by atoms with Crippen molar-refractivity contribution < 1.29 is 0 Å². The van der Waals surface area contributed by atoms with Crippen LogP contribution in [-0.4, -0.2) is 17.6 Å². The van der Waals surface area contributed by atoms with Crippen molar-refractivity contribution in [2.75, 3.05) is 11.4 Å². The monoisotopic (exact) mass is 267 g/mol. The molecule has 0 spiro atoms. The molecule has 1 fully saturated rings. The van der Waals surface area contributed by atoms with E-state index in [-0.39, 0.29) is 0 Å². The van der Waals surface area contributed by atoms with Crippen LogP contribution in [0.5, 0.6) is 0 Å². The third-order valence-corrected chi connectivity index (χ3v) is 4.98. The molecule has 1 saturated heterocycles. The predicted molar refractivity (Wildman–Crippen MR) is 79.2 cm³/mol. The number of aryl methyl sites for hydroxylation is 1. The van der Waals surface area contributed by atoms with E-state index in [1.54, 1.807) is 11.3 Å². The van der Waals surface area contributed by atoms with Crippen LogP contribution in [0.25, 0.3) is 0 Å². The van der Waals surface area contributed by atoms with Gasteiger partial charge in [-0.3, -0.25) is 0 Å². The number of piperidine rings is 1. The Bertz CT molecular complexity index is 388. The molecule has 2 atom stereocenters. The molecule has 0 radical (unpaired) electrons. The first kappa shape index (κ1) is 13.8. The smallest absolute Gasteiger partial charge is 0.186 e. The molecule has 1 aromatic rings. The Labute approximate surface area is 114 Å². The van der Waals surface area contributed by atoms with Gasteiger partial charge in [-0.05, 0) is 32.1 Å². The zero-order valence-electron chi connectivity index (χ0n) is 11.8. The average molecular weight is 267 g/mol. The van der Waals surface area contributed by atoms with E-state index in [0.29, 0.717) is 12.6 Å². The molecule has 4 heteroatoms. The van der Waals surface area contributed by atoms with Crippen LogP contribution in [0.4, 0.5) is 5.13 Å². The van der Waals surface area contributed by atoms with Gasteiger partial charge in [0.25, 0.3) is 0 Å². The van der Waals surface area contributed by atoms with Crippen LogP contribution < -0.4 is 10.6 Å². The lowest BCUT2D eigenvalue weighted by Crippen LogP contribution is -2.40. The molecule has 3 nitrogen and oxygen atoms in total. The Morgan fingerprint density at radius 2 is 2.22 bits per heavy atom. The van der Waals surface area contributed by atoms with Crippen molar-refractivity contribution in [3.05, 3.63) is 10.6 Å². The van der Waals surface area contributed by atoms with E-state index in [1.807, 2.05) is 0 Å². The summed E-state index contributed by atoms with van der Waals surface area (Å²) in [6.45, 7) is 8.64. The largest absolute Gasteiger partial charge is 0.345 e. The van der Waals surface area contributed by atoms with Crippen molar-refractivity contribution in [2.24, 2.45) is 11.7 Å². The second kappa shape index (κ2) is 6.02. The highest BCUT2D eigenvalue weighted by atomic mass is 32.1. The molecule has 18 heavy (non-hydrogen) atoms. The van der Waals surface area contributed by atoms with Gasteiger partial charge < -0.3 is 10.6 Å². The van der Waals surface area contributed by atoms with Gasteiger partial charge in [-0.1, -0.05) is 20.3 Å². The van der Waals surface area contributed by atoms with Crippen LogP contribution in [0.3, 0.4) is 0 Å². The molecule has 2 N–H and O–H groups in total. The molecule has 0 aromatic carbocycles. The fourth-order valence-electron chi connectivity index (χ4n) is 2.78. The van der Waals surface area contributed by atoms with E-state index in [0.717, 1.165) is 25.3 Å². The number of aromatic nitrogens is 1. The molecular weight excluding hydrogens is 242 g/mol. The Balaban J connectivity index is 2.17. The van der Waals surface area contributed by atoms with E-state index >= 15 is 0 Å². The standard InChI is InChI=1S/C14H25N3S/c1-4-5-12-13(9-15)18-14(16-12)17-7-6-10(2)8-11(17)3/h10-11H,4-9,15H2,1-3H3. The van der Waals surface area contributed by atoms with Gasteiger partial charge in [-0.2, -0.15) is 0 Å². The van der Waals surface area contributed by atoms with Gasteiger partial charge in [0.1, 0.15) is 0 Å². The van der Waals surface area contributed by atoms with Crippen LogP contribution in [0, 0.1) is 5.92 Å². The number of hydrogen-bond acceptors (Lipinski definition) is 4. The summed E-state index contributed by atoms with van der Waals surface area (Å²) in [6, 6.07) is 0.611. The molecular formula is C14H25N3S. The lowest BCUT2D eigenvalue weighted by atomic mass is 9.94. The van der Waals surface area contributed by atoms with Gasteiger partial charge in [-0.15, -0.1) is 11.3 Å². The summed E-state index contributed by atoms with van der Waals surface area (Å²) in [5.74, 6) is 0.848. The summed E-state index contributed by atoms with van der Waals surface area (Å²) >= 11 is 1.80. The van der Waals surface area contributed by atoms with Gasteiger partial charge in [-0.25, -0.2) is 4.98 Å². The maximum atomic E-state index is 5.83. The van der Waals surface area contributed by atoms with Crippen LogP contribution in [0.2, 0.25) is 0 Å². The van der Waals surface area contributed by atoms with Gasteiger partial charge in [0.15, 0.2) is 5.13 Å². The average Bonchev–Trinajstić information content (AvgIpc) is 2.72. The third kappa shape index (κ3) is 2.86. The van der Waals surface area contributed by atoms with Crippen molar-refractivity contribution in [1.29, 1.82) is 0 Å². The maximum Gasteiger partial charge on any atom is 0.186 e. The Kier molecular flexibility index (Phi) is 4.62. The first-order valence-electron chi connectivity index (χ1n) is 7.11. The van der Waals surface area contributed by atoms with Gasteiger partial charge in [0, 0.05) is 24.0 Å². The molecule has 102 valence electrons. The Morgan fingerprint density at radius 1 is 1.44 bits per heavy atom. The molecule has 2 rings (SSSR count). The predicted octanol–water partition coefficient (Wildman–Crippen LogP) is 3.18. The van der Waals surface area contributed by atoms with Crippen molar-refractivity contribution in [3.8, 4) is 0 Å². The molecule has 1 aromatic heterocycles. The van der Waals surface area contributed by atoms with E-state index < -0.39 is 0 Å². The van der Waals surface area contributed by atoms with E-state index in [1.165, 1.54) is 28.5 Å². The molecule has 0 aliphatic carbocycles. The lowest BCUT2D eigenvalue weighted by Gasteiger charge is -2.36. The molecule has 2 unspecified atom stereocenters. The summed E-state index contributed by atoms with van der Waals surface area (Å²) in [4.78, 5) is 8.59. The highest BCUT2D eigenvalue weighted by Gasteiger charge is 2.25. The number of nitrogens with two attached hydrogens (primary N) is 1. The minimum atomic E-state index is 0.611. The van der Waals surface area contributed by atoms with E-state index in [9.17, 15) is 0 Å². The van der Waals surface area contributed by atoms with Gasteiger partial charge in [0.2, 0.25) is 0 Å². The highest BCUT2D eigenvalue weighted by molar-refractivity contribution is 7.15. The minimum absolute atomic E-state index is 0.611. The minimum Gasteiger partial charge on any atom is -0.345 e. The van der Waals surface area contributed by atoms with Crippen LogP contribution in [-0.2, 0) is 13.0 Å². The number of nitrogens with zero attached hydrogens (tertiary/aromatic N) is 2. The van der Waals surface area contributed by atoms with Crippen LogP contribution in [0.15, 0.2) is 0 Å². The van der Waals surface area contributed by atoms with Crippen molar-refractivity contribution in [3.63, 3.8) is 0 Å². The summed E-state index contributed by atoms with van der Waals surface area (Å²) in [6.07, 6.45) is 4.76. The van der Waals surface area contributed by atoms with Crippen molar-refractivity contribution in [2.45, 2.75) is 59.0 Å². The number of hydrogen-bond donors (Lipinski definition) is 1. The summed E-state index contributed by atoms with van der Waals surface area (Å²) in [5, 5.41) is 1.19. The highest BCUT2D eigenvalue weighted by Crippen LogP contribution is 2.32. The van der Waals surface area contributed by atoms with Gasteiger partial charge >= 0.3 is 0 Å². The van der Waals surface area contributed by atoms with Crippen LogP contribution in [0.1, 0.15) is 50.6 Å². The summed E-state index contributed by atoms with van der Waals surface area (Å²) < 4.78 is 0. The van der Waals surface area contributed by atoms with Gasteiger partial charge in [0.05, 0.1) is 5.69 Å². The maximum absolute atomic E-state index is 5.83. The van der Waals surface area contributed by atoms with E-state index in [4.69, 9.17) is 10.7 Å². The first-order valence-corrected chi connectivity index (χ1v) is 7.92. The third-order valence-electron chi connectivity index (χ3n) is 3.82. The fourth-order valence-corrected chi connectivity index (χ4v) is 3.89. The number of thiazole rings is 1. The normalized spacial score (nSPS) is 24.6. The van der Waals surface area contributed by atoms with E-state index in [2.05, 4.69) is 25.7 Å². The molecule has 0 saturated carbocycles. The Morgan fingerprint density at radius 3 is 2.83 bits per heavy atom. The van der Waals surface area contributed by atoms with Crippen molar-refractivity contribution in [1.82, 2.24) is 4.98 Å². The SMILES string of the molecule is CCCc1nc(N2CCC(C)CC2C)sc1CN. The molecule has 2 heterocycles. The molecule has 0 amide bonds. The molecule has 1 aliphatic heterocycles. The van der Waals surface area contributed by atoms with Crippen LogP contribution >= 0.6 is 11.3 Å². The summed E-state index contributed by atoms with van der Waals surface area (Å²) in [7, 11) is 0. The Hall–Kier alpha value is -0.610. The first-order chi connectivity index (χ1) is 8.65. The number of rotatable bonds is 4. The number of anilines is 1. The fraction of sp³-hybridized carbons (Fsp3) is 0.786. The lowest BCUT2D eigenvalue weighted by molar-refractivity contribution is 0.377. The second-order valence-corrected chi connectivity index (χ2v) is 6.55. The van der Waals surface area contributed by atoms with Crippen molar-refractivity contribution >= 4 is 16.5 Å². The zero-order valence-corrected chi connectivity index (χ0v) is 12.6. The second-order valence-electron chi connectivity index (χ2n) is 5.49. The molecule has 0 bridgehead atoms.